The van der Waals surface area contributed by atoms with Crippen LogP contribution < -0.4 is 4.74 Å². The summed E-state index contributed by atoms with van der Waals surface area (Å²) < 4.78 is 10.6. The summed E-state index contributed by atoms with van der Waals surface area (Å²) in [7, 11) is 1.57. The Morgan fingerprint density at radius 3 is 2.88 bits per heavy atom. The fourth-order valence-corrected chi connectivity index (χ4v) is 2.36. The Labute approximate surface area is 106 Å². The minimum Gasteiger partial charge on any atom is -0.495 e. The van der Waals surface area contributed by atoms with Gasteiger partial charge in [-0.2, -0.15) is 0 Å². The molecule has 0 saturated carbocycles. The SMILES string of the molecule is COc1ccc(C(O)C2CCCCO2)cc1Cl. The average molecular weight is 257 g/mol. The molecule has 0 amide bonds. The second-order valence-electron chi connectivity index (χ2n) is 4.24. The van der Waals surface area contributed by atoms with Crippen molar-refractivity contribution in [1.29, 1.82) is 0 Å². The van der Waals surface area contributed by atoms with E-state index in [2.05, 4.69) is 0 Å². The molecule has 1 aromatic carbocycles. The number of methoxy groups -OCH3 is 1. The molecule has 0 bridgehead atoms. The third-order valence-electron chi connectivity index (χ3n) is 3.08. The maximum absolute atomic E-state index is 10.2. The van der Waals surface area contributed by atoms with Gasteiger partial charge in [-0.1, -0.05) is 17.7 Å². The molecule has 1 aromatic rings. The maximum atomic E-state index is 10.2. The van der Waals surface area contributed by atoms with Gasteiger partial charge in [-0.3, -0.25) is 0 Å². The van der Waals surface area contributed by atoms with Crippen LogP contribution in [0.3, 0.4) is 0 Å². The van der Waals surface area contributed by atoms with Gasteiger partial charge in [0.05, 0.1) is 18.2 Å². The van der Waals surface area contributed by atoms with Crippen LogP contribution in [0.4, 0.5) is 0 Å². The van der Waals surface area contributed by atoms with Crippen LogP contribution in [0.2, 0.25) is 5.02 Å². The van der Waals surface area contributed by atoms with Gasteiger partial charge in [0.2, 0.25) is 0 Å². The van der Waals surface area contributed by atoms with Crippen molar-refractivity contribution in [3.63, 3.8) is 0 Å². The monoisotopic (exact) mass is 256 g/mol. The Bertz CT molecular complexity index is 375. The number of rotatable bonds is 3. The van der Waals surface area contributed by atoms with E-state index >= 15 is 0 Å². The first-order valence-corrected chi connectivity index (χ1v) is 6.23. The van der Waals surface area contributed by atoms with Gasteiger partial charge in [-0.25, -0.2) is 0 Å². The summed E-state index contributed by atoms with van der Waals surface area (Å²) in [5.41, 5.74) is 0.780. The number of aliphatic hydroxyl groups is 1. The number of hydrogen-bond acceptors (Lipinski definition) is 3. The highest BCUT2D eigenvalue weighted by molar-refractivity contribution is 6.32. The molecule has 1 aliphatic heterocycles. The van der Waals surface area contributed by atoms with Gasteiger partial charge in [0.15, 0.2) is 0 Å². The van der Waals surface area contributed by atoms with Crippen LogP contribution in [0.25, 0.3) is 0 Å². The number of ether oxygens (including phenoxy) is 2. The molecule has 1 heterocycles. The summed E-state index contributed by atoms with van der Waals surface area (Å²) in [5.74, 6) is 0.618. The summed E-state index contributed by atoms with van der Waals surface area (Å²) in [6.07, 6.45) is 2.34. The predicted molar refractivity (Wildman–Crippen MR) is 66.6 cm³/mol. The van der Waals surface area contributed by atoms with Crippen LogP contribution in [0.1, 0.15) is 30.9 Å². The van der Waals surface area contributed by atoms with Gasteiger partial charge in [-0.15, -0.1) is 0 Å². The van der Waals surface area contributed by atoms with Crippen molar-refractivity contribution in [3.05, 3.63) is 28.8 Å². The quantitative estimate of drug-likeness (QED) is 0.904. The number of benzene rings is 1. The highest BCUT2D eigenvalue weighted by atomic mass is 35.5. The summed E-state index contributed by atoms with van der Waals surface area (Å²) in [5, 5.41) is 10.7. The molecule has 0 spiro atoms. The number of aliphatic hydroxyl groups excluding tert-OH is 1. The molecule has 0 radical (unpaired) electrons. The van der Waals surface area contributed by atoms with E-state index in [0.717, 1.165) is 31.4 Å². The lowest BCUT2D eigenvalue weighted by atomic mass is 9.98. The van der Waals surface area contributed by atoms with Crippen molar-refractivity contribution in [2.24, 2.45) is 0 Å². The zero-order valence-electron chi connectivity index (χ0n) is 9.86. The van der Waals surface area contributed by atoms with Gasteiger partial charge in [0.1, 0.15) is 11.9 Å². The summed E-state index contributed by atoms with van der Waals surface area (Å²) in [4.78, 5) is 0. The van der Waals surface area contributed by atoms with E-state index < -0.39 is 6.10 Å². The molecule has 2 unspecified atom stereocenters. The number of hydrogen-bond donors (Lipinski definition) is 1. The van der Waals surface area contributed by atoms with Crippen molar-refractivity contribution in [3.8, 4) is 5.75 Å². The van der Waals surface area contributed by atoms with Gasteiger partial charge in [0, 0.05) is 6.61 Å². The molecule has 1 fully saturated rings. The topological polar surface area (TPSA) is 38.7 Å². The maximum Gasteiger partial charge on any atom is 0.137 e. The van der Waals surface area contributed by atoms with Crippen molar-refractivity contribution >= 4 is 11.6 Å². The molecule has 2 atom stereocenters. The summed E-state index contributed by atoms with van der Waals surface area (Å²) in [6, 6.07) is 5.33. The van der Waals surface area contributed by atoms with E-state index in [4.69, 9.17) is 21.1 Å². The molecule has 94 valence electrons. The van der Waals surface area contributed by atoms with Crippen molar-refractivity contribution < 1.29 is 14.6 Å². The Morgan fingerprint density at radius 1 is 1.47 bits per heavy atom. The van der Waals surface area contributed by atoms with Crippen LogP contribution in [0, 0.1) is 0 Å². The molecule has 1 N–H and O–H groups in total. The van der Waals surface area contributed by atoms with E-state index in [1.165, 1.54) is 0 Å². The Kier molecular flexibility index (Phi) is 4.26. The van der Waals surface area contributed by atoms with E-state index in [1.54, 1.807) is 19.2 Å². The highest BCUT2D eigenvalue weighted by Crippen LogP contribution is 2.31. The molecule has 4 heteroatoms. The Hall–Kier alpha value is -0.770. The lowest BCUT2D eigenvalue weighted by Crippen LogP contribution is -2.26. The summed E-state index contributed by atoms with van der Waals surface area (Å²) in [6.45, 7) is 0.728. The molecule has 1 aliphatic rings. The van der Waals surface area contributed by atoms with Crippen LogP contribution in [-0.2, 0) is 4.74 Å². The molecular weight excluding hydrogens is 240 g/mol. The van der Waals surface area contributed by atoms with E-state index in [-0.39, 0.29) is 6.10 Å². The average Bonchev–Trinajstić information content (AvgIpc) is 2.39. The Morgan fingerprint density at radius 2 is 2.29 bits per heavy atom. The molecule has 0 aromatic heterocycles. The Balaban J connectivity index is 2.12. The van der Waals surface area contributed by atoms with Crippen molar-refractivity contribution in [1.82, 2.24) is 0 Å². The standard InChI is InChI=1S/C13H17ClO3/c1-16-11-6-5-9(8-10(11)14)13(15)12-4-2-3-7-17-12/h5-6,8,12-13,15H,2-4,7H2,1H3. The van der Waals surface area contributed by atoms with Crippen LogP contribution >= 0.6 is 11.6 Å². The van der Waals surface area contributed by atoms with Gasteiger partial charge >= 0.3 is 0 Å². The van der Waals surface area contributed by atoms with Gasteiger partial charge < -0.3 is 14.6 Å². The van der Waals surface area contributed by atoms with Crippen LogP contribution in [-0.4, -0.2) is 24.9 Å². The zero-order chi connectivity index (χ0) is 12.3. The molecule has 2 rings (SSSR count). The molecule has 1 saturated heterocycles. The normalized spacial score (nSPS) is 22.2. The largest absolute Gasteiger partial charge is 0.495 e. The predicted octanol–water partition coefficient (Wildman–Crippen LogP) is 2.95. The smallest absolute Gasteiger partial charge is 0.137 e. The fraction of sp³-hybridized carbons (Fsp3) is 0.538. The van der Waals surface area contributed by atoms with Gasteiger partial charge in [0.25, 0.3) is 0 Å². The minimum atomic E-state index is -0.612. The zero-order valence-corrected chi connectivity index (χ0v) is 10.6. The van der Waals surface area contributed by atoms with Crippen molar-refractivity contribution in [2.45, 2.75) is 31.5 Å². The van der Waals surface area contributed by atoms with E-state index in [1.807, 2.05) is 6.07 Å². The third kappa shape index (κ3) is 2.92. The van der Waals surface area contributed by atoms with Crippen molar-refractivity contribution in [2.75, 3.05) is 13.7 Å². The third-order valence-corrected chi connectivity index (χ3v) is 3.38. The molecular formula is C13H17ClO3. The molecule has 3 nitrogen and oxygen atoms in total. The fourth-order valence-electron chi connectivity index (χ4n) is 2.10. The van der Waals surface area contributed by atoms with Crippen LogP contribution in [0.15, 0.2) is 18.2 Å². The molecule has 0 aliphatic carbocycles. The van der Waals surface area contributed by atoms with Crippen LogP contribution in [0.5, 0.6) is 5.75 Å². The second kappa shape index (κ2) is 5.71. The summed E-state index contributed by atoms with van der Waals surface area (Å²) >= 11 is 6.04. The first-order valence-electron chi connectivity index (χ1n) is 5.85. The lowest BCUT2D eigenvalue weighted by Gasteiger charge is -2.27. The lowest BCUT2D eigenvalue weighted by molar-refractivity contribution is -0.0633. The minimum absolute atomic E-state index is 0.117. The van der Waals surface area contributed by atoms with E-state index in [9.17, 15) is 5.11 Å². The first kappa shape index (κ1) is 12.7. The number of halogens is 1. The highest BCUT2D eigenvalue weighted by Gasteiger charge is 2.24. The molecule has 17 heavy (non-hydrogen) atoms. The second-order valence-corrected chi connectivity index (χ2v) is 4.65. The van der Waals surface area contributed by atoms with Gasteiger partial charge in [-0.05, 0) is 37.0 Å². The van der Waals surface area contributed by atoms with E-state index in [0.29, 0.717) is 10.8 Å². The first-order chi connectivity index (χ1) is 8.22.